The molecule has 0 radical (unpaired) electrons. The number of nitro groups is 1. The van der Waals surface area contributed by atoms with Crippen molar-refractivity contribution in [2.24, 2.45) is 0 Å². The fourth-order valence-corrected chi connectivity index (χ4v) is 2.18. The van der Waals surface area contributed by atoms with E-state index >= 15 is 0 Å². The van der Waals surface area contributed by atoms with Crippen molar-refractivity contribution in [2.75, 3.05) is 11.9 Å². The Kier molecular flexibility index (Phi) is 6.71. The fourth-order valence-electron chi connectivity index (χ4n) is 2.18. The number of nitrogens with one attached hydrogen (secondary N) is 1. The van der Waals surface area contributed by atoms with Gasteiger partial charge in [0.2, 0.25) is 0 Å². The van der Waals surface area contributed by atoms with E-state index in [0.717, 1.165) is 18.2 Å². The number of nitrogens with zero attached hydrogens (tertiary/aromatic N) is 1. The summed E-state index contributed by atoms with van der Waals surface area (Å²) in [5.41, 5.74) is 0.109. The van der Waals surface area contributed by atoms with Gasteiger partial charge in [0.05, 0.1) is 16.2 Å². The monoisotopic (exact) mass is 408 g/mol. The lowest BCUT2D eigenvalue weighted by Crippen LogP contribution is -2.20. The first-order valence-corrected chi connectivity index (χ1v) is 8.13. The number of rotatable bonds is 6. The molecule has 152 valence electrons. The van der Waals surface area contributed by atoms with Crippen molar-refractivity contribution in [3.05, 3.63) is 75.3 Å². The number of esters is 1. The van der Waals surface area contributed by atoms with Crippen molar-refractivity contribution in [2.45, 2.75) is 13.1 Å². The maximum Gasteiger partial charge on any atom is 0.416 e. The molecule has 0 bridgehead atoms. The summed E-state index contributed by atoms with van der Waals surface area (Å²) >= 11 is 0. The summed E-state index contributed by atoms with van der Waals surface area (Å²) in [4.78, 5) is 33.7. The molecule has 0 saturated heterocycles. The summed E-state index contributed by atoms with van der Waals surface area (Å²) in [7, 11) is 0. The Labute approximate surface area is 162 Å². The number of halogens is 3. The van der Waals surface area contributed by atoms with Gasteiger partial charge in [-0.1, -0.05) is 18.2 Å². The minimum atomic E-state index is -4.45. The molecule has 0 fully saturated rings. The van der Waals surface area contributed by atoms with E-state index in [4.69, 9.17) is 4.74 Å². The summed E-state index contributed by atoms with van der Waals surface area (Å²) in [6.45, 7) is 0.996. The van der Waals surface area contributed by atoms with Gasteiger partial charge in [0.1, 0.15) is 0 Å². The summed E-state index contributed by atoms with van der Waals surface area (Å²) in [5.74, 6) is -1.58. The zero-order valence-corrected chi connectivity index (χ0v) is 15.0. The third-order valence-corrected chi connectivity index (χ3v) is 3.70. The van der Waals surface area contributed by atoms with Gasteiger partial charge in [-0.3, -0.25) is 14.9 Å². The van der Waals surface area contributed by atoms with E-state index in [1.807, 2.05) is 0 Å². The predicted octanol–water partition coefficient (Wildman–Crippen LogP) is 4.12. The Bertz CT molecular complexity index is 953. The van der Waals surface area contributed by atoms with Crippen molar-refractivity contribution in [1.29, 1.82) is 0 Å². The molecule has 0 aliphatic carbocycles. The Morgan fingerprint density at radius 3 is 2.41 bits per heavy atom. The van der Waals surface area contributed by atoms with Gasteiger partial charge >= 0.3 is 12.1 Å². The number of aryl methyl sites for hydroxylation is 1. The third kappa shape index (κ3) is 6.45. The molecule has 0 aromatic heterocycles. The summed E-state index contributed by atoms with van der Waals surface area (Å²) in [6.07, 6.45) is -2.24. The second-order valence-electron chi connectivity index (χ2n) is 5.87. The van der Waals surface area contributed by atoms with Gasteiger partial charge in [-0.2, -0.15) is 13.2 Å². The second-order valence-corrected chi connectivity index (χ2v) is 5.87. The van der Waals surface area contributed by atoms with Gasteiger partial charge < -0.3 is 10.1 Å². The van der Waals surface area contributed by atoms with E-state index in [2.05, 4.69) is 5.32 Å². The Hall–Kier alpha value is -3.69. The van der Waals surface area contributed by atoms with Crippen LogP contribution in [-0.2, 0) is 20.5 Å². The second kappa shape index (κ2) is 9.00. The van der Waals surface area contributed by atoms with Gasteiger partial charge in [0.25, 0.3) is 11.6 Å². The van der Waals surface area contributed by atoms with E-state index in [0.29, 0.717) is 11.1 Å². The standard InChI is InChI=1S/C19H15F3N2O5/c1-12-2-8-15(24(27)28)10-16(12)23-17(25)11-29-18(26)9-5-13-3-6-14(7-4-13)19(20,21)22/h2-10H,11H2,1H3,(H,23,25)/b9-5+. The third-order valence-electron chi connectivity index (χ3n) is 3.70. The van der Waals surface area contributed by atoms with Crippen molar-refractivity contribution in [1.82, 2.24) is 0 Å². The normalized spacial score (nSPS) is 11.3. The molecule has 0 unspecified atom stereocenters. The van der Waals surface area contributed by atoms with Crippen LogP contribution in [0.15, 0.2) is 48.5 Å². The average Bonchev–Trinajstić information content (AvgIpc) is 2.66. The molecule has 10 heteroatoms. The van der Waals surface area contributed by atoms with Crippen LogP contribution in [0.1, 0.15) is 16.7 Å². The summed E-state index contributed by atoms with van der Waals surface area (Å²) in [5, 5.41) is 13.2. The maximum absolute atomic E-state index is 12.5. The van der Waals surface area contributed by atoms with Crippen molar-refractivity contribution < 1.29 is 32.4 Å². The van der Waals surface area contributed by atoms with Crippen molar-refractivity contribution in [3.63, 3.8) is 0 Å². The number of anilines is 1. The molecule has 29 heavy (non-hydrogen) atoms. The highest BCUT2D eigenvalue weighted by molar-refractivity contribution is 5.95. The smallest absolute Gasteiger partial charge is 0.416 e. The molecule has 0 aliphatic heterocycles. The quantitative estimate of drug-likeness (QED) is 0.336. The minimum absolute atomic E-state index is 0.206. The number of benzene rings is 2. The zero-order chi connectivity index (χ0) is 21.6. The number of ether oxygens (including phenoxy) is 1. The first-order valence-electron chi connectivity index (χ1n) is 8.13. The maximum atomic E-state index is 12.5. The summed E-state index contributed by atoms with van der Waals surface area (Å²) in [6, 6.07) is 8.05. The van der Waals surface area contributed by atoms with Crippen molar-refractivity contribution in [3.8, 4) is 0 Å². The first kappa shape index (κ1) is 21.6. The summed E-state index contributed by atoms with van der Waals surface area (Å²) < 4.78 is 42.2. The molecule has 1 amide bonds. The van der Waals surface area contributed by atoms with Crippen LogP contribution in [0.4, 0.5) is 24.5 Å². The number of amides is 1. The lowest BCUT2D eigenvalue weighted by molar-refractivity contribution is -0.384. The van der Waals surface area contributed by atoms with Crippen LogP contribution in [0.5, 0.6) is 0 Å². The van der Waals surface area contributed by atoms with Gasteiger partial charge in [-0.15, -0.1) is 0 Å². The zero-order valence-electron chi connectivity index (χ0n) is 15.0. The van der Waals surface area contributed by atoms with Gasteiger partial charge in [-0.05, 0) is 36.3 Å². The Morgan fingerprint density at radius 2 is 1.83 bits per heavy atom. The number of alkyl halides is 3. The lowest BCUT2D eigenvalue weighted by atomic mass is 10.1. The number of non-ortho nitro benzene ring substituents is 1. The molecule has 0 saturated carbocycles. The van der Waals surface area contributed by atoms with Crippen LogP contribution in [0.25, 0.3) is 6.08 Å². The molecule has 2 aromatic rings. The number of nitro benzene ring substituents is 1. The molecule has 1 N–H and O–H groups in total. The molecule has 0 aliphatic rings. The lowest BCUT2D eigenvalue weighted by Gasteiger charge is -2.08. The molecule has 0 heterocycles. The van der Waals surface area contributed by atoms with Crippen LogP contribution in [0, 0.1) is 17.0 Å². The van der Waals surface area contributed by atoms with Gasteiger partial charge in [0.15, 0.2) is 6.61 Å². The van der Waals surface area contributed by atoms with E-state index < -0.39 is 35.1 Å². The van der Waals surface area contributed by atoms with Crippen LogP contribution in [0.3, 0.4) is 0 Å². The fraction of sp³-hybridized carbons (Fsp3) is 0.158. The van der Waals surface area contributed by atoms with E-state index in [-0.39, 0.29) is 11.4 Å². The largest absolute Gasteiger partial charge is 0.452 e. The van der Waals surface area contributed by atoms with E-state index in [1.54, 1.807) is 6.92 Å². The highest BCUT2D eigenvalue weighted by atomic mass is 19.4. The number of carbonyl (C=O) groups excluding carboxylic acids is 2. The molecule has 0 spiro atoms. The SMILES string of the molecule is Cc1ccc([N+](=O)[O-])cc1NC(=O)COC(=O)/C=C/c1ccc(C(F)(F)F)cc1. The van der Waals surface area contributed by atoms with Gasteiger partial charge in [0, 0.05) is 18.2 Å². The van der Waals surface area contributed by atoms with Crippen LogP contribution >= 0.6 is 0 Å². The van der Waals surface area contributed by atoms with Gasteiger partial charge in [-0.25, -0.2) is 4.79 Å². The molecule has 0 atom stereocenters. The van der Waals surface area contributed by atoms with Crippen LogP contribution < -0.4 is 5.32 Å². The topological polar surface area (TPSA) is 98.5 Å². The number of carbonyl (C=O) groups is 2. The molecule has 2 aromatic carbocycles. The Morgan fingerprint density at radius 1 is 1.17 bits per heavy atom. The highest BCUT2D eigenvalue weighted by Crippen LogP contribution is 2.29. The van der Waals surface area contributed by atoms with Crippen LogP contribution in [0.2, 0.25) is 0 Å². The number of hydrogen-bond donors (Lipinski definition) is 1. The predicted molar refractivity (Wildman–Crippen MR) is 97.9 cm³/mol. The van der Waals surface area contributed by atoms with E-state index in [1.165, 1.54) is 36.4 Å². The van der Waals surface area contributed by atoms with Crippen LogP contribution in [-0.4, -0.2) is 23.4 Å². The Balaban J connectivity index is 1.89. The molecular weight excluding hydrogens is 393 g/mol. The average molecular weight is 408 g/mol. The van der Waals surface area contributed by atoms with E-state index in [9.17, 15) is 32.9 Å². The first-order chi connectivity index (χ1) is 13.6. The molecule has 7 nitrogen and oxygen atoms in total. The highest BCUT2D eigenvalue weighted by Gasteiger charge is 2.29. The number of hydrogen-bond acceptors (Lipinski definition) is 5. The van der Waals surface area contributed by atoms with Crippen molar-refractivity contribution >= 4 is 29.3 Å². The molecular formula is C19H15F3N2O5. The minimum Gasteiger partial charge on any atom is -0.452 e. The molecule has 2 rings (SSSR count).